The van der Waals surface area contributed by atoms with Crippen LogP contribution >= 0.6 is 0 Å². The molecule has 1 amide bonds. The van der Waals surface area contributed by atoms with E-state index in [-0.39, 0.29) is 11.8 Å². The number of aromatic nitrogens is 1. The molecule has 4 rings (SSSR count). The van der Waals surface area contributed by atoms with E-state index in [1.807, 2.05) is 30.3 Å². The van der Waals surface area contributed by atoms with Gasteiger partial charge in [0.1, 0.15) is 0 Å². The summed E-state index contributed by atoms with van der Waals surface area (Å²) in [6.45, 7) is 0.871. The van der Waals surface area contributed by atoms with Gasteiger partial charge in [-0.15, -0.1) is 0 Å². The van der Waals surface area contributed by atoms with Gasteiger partial charge in [0.15, 0.2) is 0 Å². The Balaban J connectivity index is 1.30. The number of carbonyl (C=O) groups is 1. The Morgan fingerprint density at radius 3 is 2.56 bits per heavy atom. The summed E-state index contributed by atoms with van der Waals surface area (Å²) in [5.41, 5.74) is 4.46. The molecule has 25 heavy (non-hydrogen) atoms. The van der Waals surface area contributed by atoms with Crippen LogP contribution in [-0.4, -0.2) is 17.4 Å². The minimum absolute atomic E-state index is 0.159. The second kappa shape index (κ2) is 7.01. The Morgan fingerprint density at radius 1 is 1.04 bits per heavy atom. The molecule has 1 aliphatic rings. The summed E-state index contributed by atoms with van der Waals surface area (Å²) in [7, 11) is 0. The van der Waals surface area contributed by atoms with Crippen LogP contribution in [0.2, 0.25) is 0 Å². The number of para-hydroxylation sites is 1. The van der Waals surface area contributed by atoms with Crippen LogP contribution in [0.25, 0.3) is 10.9 Å². The first-order valence-corrected chi connectivity index (χ1v) is 8.99. The van der Waals surface area contributed by atoms with E-state index < -0.39 is 0 Å². The fourth-order valence-electron chi connectivity index (χ4n) is 3.27. The fourth-order valence-corrected chi connectivity index (χ4v) is 3.27. The number of aromatic amines is 1. The maximum atomic E-state index is 12.0. The van der Waals surface area contributed by atoms with Crippen LogP contribution in [0.4, 0.5) is 11.4 Å². The molecule has 0 bridgehead atoms. The molecule has 0 atom stereocenters. The zero-order valence-corrected chi connectivity index (χ0v) is 14.2. The maximum Gasteiger partial charge on any atom is 0.227 e. The van der Waals surface area contributed by atoms with Gasteiger partial charge in [-0.1, -0.05) is 24.6 Å². The lowest BCUT2D eigenvalue weighted by Crippen LogP contribution is -2.27. The summed E-state index contributed by atoms with van der Waals surface area (Å²) in [4.78, 5) is 15.3. The quantitative estimate of drug-likeness (QED) is 0.619. The van der Waals surface area contributed by atoms with E-state index in [0.717, 1.165) is 37.2 Å². The van der Waals surface area contributed by atoms with Crippen LogP contribution in [0.5, 0.6) is 0 Å². The molecule has 3 aromatic rings. The number of carbonyl (C=O) groups excluding carboxylic acids is 1. The van der Waals surface area contributed by atoms with Gasteiger partial charge in [-0.3, -0.25) is 4.79 Å². The smallest absolute Gasteiger partial charge is 0.227 e. The second-order valence-corrected chi connectivity index (χ2v) is 6.73. The molecule has 0 aliphatic heterocycles. The van der Waals surface area contributed by atoms with Gasteiger partial charge in [0.2, 0.25) is 5.91 Å². The lowest BCUT2D eigenvalue weighted by Gasteiger charge is -2.24. The van der Waals surface area contributed by atoms with E-state index in [9.17, 15) is 4.79 Å². The van der Waals surface area contributed by atoms with Gasteiger partial charge in [0, 0.05) is 40.9 Å². The summed E-state index contributed by atoms with van der Waals surface area (Å²) >= 11 is 0. The number of amides is 1. The molecule has 1 heterocycles. The van der Waals surface area contributed by atoms with Crippen LogP contribution in [0.1, 0.15) is 24.8 Å². The van der Waals surface area contributed by atoms with E-state index in [1.54, 1.807) is 0 Å². The van der Waals surface area contributed by atoms with Gasteiger partial charge in [-0.2, -0.15) is 0 Å². The van der Waals surface area contributed by atoms with Gasteiger partial charge >= 0.3 is 0 Å². The highest BCUT2D eigenvalue weighted by Crippen LogP contribution is 2.27. The Labute approximate surface area is 147 Å². The number of fused-ring (bicyclic) bond motifs is 1. The van der Waals surface area contributed by atoms with Gasteiger partial charge in [-0.25, -0.2) is 0 Å². The molecule has 1 saturated carbocycles. The van der Waals surface area contributed by atoms with Gasteiger partial charge < -0.3 is 15.6 Å². The molecule has 1 aliphatic carbocycles. The van der Waals surface area contributed by atoms with Crippen LogP contribution in [0, 0.1) is 5.92 Å². The predicted octanol–water partition coefficient (Wildman–Crippen LogP) is 4.56. The Kier molecular flexibility index (Phi) is 4.42. The minimum atomic E-state index is 0.159. The molecule has 1 fully saturated rings. The van der Waals surface area contributed by atoms with Crippen LogP contribution in [-0.2, 0) is 11.2 Å². The van der Waals surface area contributed by atoms with Crippen LogP contribution in [0.15, 0.2) is 54.7 Å². The highest BCUT2D eigenvalue weighted by atomic mass is 16.1. The van der Waals surface area contributed by atoms with Gasteiger partial charge in [0.25, 0.3) is 0 Å². The Hall–Kier alpha value is -2.75. The first-order chi connectivity index (χ1) is 12.3. The lowest BCUT2D eigenvalue weighted by molar-refractivity contribution is -0.122. The van der Waals surface area contributed by atoms with Crippen molar-refractivity contribution in [2.75, 3.05) is 17.2 Å². The van der Waals surface area contributed by atoms with E-state index >= 15 is 0 Å². The molecular formula is C21H23N3O. The molecule has 1 aromatic heterocycles. The summed E-state index contributed by atoms with van der Waals surface area (Å²) in [5.74, 6) is 0.375. The average molecular weight is 333 g/mol. The third-order valence-corrected chi connectivity index (χ3v) is 5.03. The predicted molar refractivity (Wildman–Crippen MR) is 103 cm³/mol. The number of benzene rings is 2. The standard InChI is InChI=1S/C21H23N3O/c25-21(15-4-3-5-15)24-18-10-8-17(9-11-18)22-13-12-16-14-23-20-7-2-1-6-19(16)20/h1-2,6-11,14-15,22-23H,3-5,12-13H2,(H,24,25). The van der Waals surface area contributed by atoms with Crippen molar-refractivity contribution in [3.63, 3.8) is 0 Å². The molecule has 0 unspecified atom stereocenters. The summed E-state index contributed by atoms with van der Waals surface area (Å²) in [6.07, 6.45) is 6.28. The van der Waals surface area contributed by atoms with Crippen LogP contribution in [0.3, 0.4) is 0 Å². The number of hydrogen-bond acceptors (Lipinski definition) is 2. The molecule has 2 aromatic carbocycles. The number of anilines is 2. The zero-order chi connectivity index (χ0) is 17.1. The van der Waals surface area contributed by atoms with Crippen LogP contribution < -0.4 is 10.6 Å². The van der Waals surface area contributed by atoms with Gasteiger partial charge in [0.05, 0.1) is 0 Å². The van der Waals surface area contributed by atoms with Crippen molar-refractivity contribution in [1.82, 2.24) is 4.98 Å². The number of nitrogens with one attached hydrogen (secondary N) is 3. The molecule has 0 radical (unpaired) electrons. The highest BCUT2D eigenvalue weighted by molar-refractivity contribution is 5.93. The maximum absolute atomic E-state index is 12.0. The second-order valence-electron chi connectivity index (χ2n) is 6.73. The van der Waals surface area contributed by atoms with Crippen molar-refractivity contribution in [3.05, 3.63) is 60.3 Å². The Morgan fingerprint density at radius 2 is 1.80 bits per heavy atom. The van der Waals surface area contributed by atoms with E-state index in [2.05, 4.69) is 40.0 Å². The van der Waals surface area contributed by atoms with Crippen molar-refractivity contribution < 1.29 is 4.79 Å². The van der Waals surface area contributed by atoms with E-state index in [0.29, 0.717) is 0 Å². The van der Waals surface area contributed by atoms with Crippen molar-refractivity contribution >= 4 is 28.2 Å². The molecular weight excluding hydrogens is 310 g/mol. The lowest BCUT2D eigenvalue weighted by atomic mass is 9.85. The van der Waals surface area contributed by atoms with Crippen molar-refractivity contribution in [1.29, 1.82) is 0 Å². The molecule has 0 spiro atoms. The number of hydrogen-bond donors (Lipinski definition) is 3. The van der Waals surface area contributed by atoms with E-state index in [4.69, 9.17) is 0 Å². The molecule has 128 valence electrons. The largest absolute Gasteiger partial charge is 0.385 e. The topological polar surface area (TPSA) is 56.9 Å². The molecule has 4 heteroatoms. The molecule has 0 saturated heterocycles. The average Bonchev–Trinajstić information content (AvgIpc) is 2.98. The van der Waals surface area contributed by atoms with Crippen molar-refractivity contribution in [2.24, 2.45) is 5.92 Å². The number of H-pyrrole nitrogens is 1. The van der Waals surface area contributed by atoms with Crippen molar-refractivity contribution in [2.45, 2.75) is 25.7 Å². The summed E-state index contributed by atoms with van der Waals surface area (Å²) < 4.78 is 0. The molecule has 4 nitrogen and oxygen atoms in total. The Bertz CT molecular complexity index is 862. The zero-order valence-electron chi connectivity index (χ0n) is 14.2. The third-order valence-electron chi connectivity index (χ3n) is 5.03. The monoisotopic (exact) mass is 333 g/mol. The highest BCUT2D eigenvalue weighted by Gasteiger charge is 2.24. The SMILES string of the molecule is O=C(Nc1ccc(NCCc2c[nH]c3ccccc23)cc1)C1CCC1. The van der Waals surface area contributed by atoms with Gasteiger partial charge in [-0.05, 0) is 55.2 Å². The normalized spacial score (nSPS) is 14.2. The molecule has 3 N–H and O–H groups in total. The first-order valence-electron chi connectivity index (χ1n) is 8.99. The van der Waals surface area contributed by atoms with Crippen molar-refractivity contribution in [3.8, 4) is 0 Å². The summed E-state index contributed by atoms with van der Waals surface area (Å²) in [6, 6.07) is 16.3. The van der Waals surface area contributed by atoms with E-state index in [1.165, 1.54) is 22.9 Å². The minimum Gasteiger partial charge on any atom is -0.385 e. The first kappa shape index (κ1) is 15.8. The third kappa shape index (κ3) is 3.53. The fraction of sp³-hybridized carbons (Fsp3) is 0.286. The summed E-state index contributed by atoms with van der Waals surface area (Å²) in [5, 5.41) is 7.74. The number of rotatable bonds is 6.